The van der Waals surface area contributed by atoms with E-state index in [-0.39, 0.29) is 5.41 Å². The third-order valence-corrected chi connectivity index (χ3v) is 6.07. The van der Waals surface area contributed by atoms with Gasteiger partial charge in [0, 0.05) is 31.1 Å². The zero-order chi connectivity index (χ0) is 19.0. The number of hydrogen-bond donors (Lipinski definition) is 1. The molecule has 0 amide bonds. The smallest absolute Gasteiger partial charge is 0.214 e. The molecule has 1 fully saturated rings. The first-order chi connectivity index (χ1) is 12.9. The Morgan fingerprint density at radius 2 is 2.00 bits per heavy atom. The highest BCUT2D eigenvalue weighted by Crippen LogP contribution is 2.27. The van der Waals surface area contributed by atoms with Crippen molar-refractivity contribution >= 4 is 21.4 Å². The number of rotatable bonds is 4. The molecule has 0 atom stereocenters. The van der Waals surface area contributed by atoms with E-state index in [0.29, 0.717) is 6.04 Å². The normalized spacial score (nSPS) is 16.9. The topological polar surface area (TPSA) is 45.5 Å². The average molecular weight is 384 g/mol. The van der Waals surface area contributed by atoms with Gasteiger partial charge in [0.15, 0.2) is 0 Å². The minimum Gasteiger partial charge on any atom is -0.357 e. The van der Waals surface area contributed by atoms with Crippen LogP contribution in [0, 0.1) is 6.92 Å². The Morgan fingerprint density at radius 3 is 2.67 bits per heavy atom. The predicted octanol–water partition coefficient (Wildman–Crippen LogP) is 4.47. The number of nitrogens with one attached hydrogen (secondary N) is 1. The molecular formula is C21H29N5S. The van der Waals surface area contributed by atoms with Crippen molar-refractivity contribution in [2.24, 2.45) is 0 Å². The number of aromatic nitrogens is 3. The van der Waals surface area contributed by atoms with Crippen molar-refractivity contribution in [3.8, 4) is 0 Å². The molecule has 2 aromatic heterocycles. The summed E-state index contributed by atoms with van der Waals surface area (Å²) in [6.45, 7) is 12.0. The summed E-state index contributed by atoms with van der Waals surface area (Å²) < 4.78 is 1.92. The summed E-state index contributed by atoms with van der Waals surface area (Å²) in [5, 5.41) is 9.30. The van der Waals surface area contributed by atoms with Crippen LogP contribution in [0.2, 0.25) is 0 Å². The summed E-state index contributed by atoms with van der Waals surface area (Å²) in [5.41, 5.74) is 3.91. The van der Waals surface area contributed by atoms with Gasteiger partial charge in [-0.1, -0.05) is 61.9 Å². The summed E-state index contributed by atoms with van der Waals surface area (Å²) in [7, 11) is 0. The molecule has 1 aromatic carbocycles. The van der Waals surface area contributed by atoms with Gasteiger partial charge in [-0.3, -0.25) is 4.90 Å². The van der Waals surface area contributed by atoms with Gasteiger partial charge in [-0.05, 0) is 25.3 Å². The minimum atomic E-state index is 0.0606. The van der Waals surface area contributed by atoms with E-state index in [1.165, 1.54) is 11.1 Å². The van der Waals surface area contributed by atoms with Gasteiger partial charge in [-0.2, -0.15) is 0 Å². The minimum absolute atomic E-state index is 0.0606. The molecule has 1 aliphatic rings. The molecule has 0 aliphatic carbocycles. The summed E-state index contributed by atoms with van der Waals surface area (Å²) >= 11 is 1.65. The van der Waals surface area contributed by atoms with Gasteiger partial charge < -0.3 is 5.32 Å². The first kappa shape index (κ1) is 18.4. The Labute approximate surface area is 165 Å². The molecule has 1 N–H and O–H groups in total. The zero-order valence-electron chi connectivity index (χ0n) is 16.7. The highest BCUT2D eigenvalue weighted by molar-refractivity contribution is 7.20. The SMILES string of the molecule is Cc1cccc(CN2CCC(Nc3nn4cc(C(C)(C)C)nc4s3)CC2)c1. The lowest BCUT2D eigenvalue weighted by Crippen LogP contribution is -2.38. The molecular weight excluding hydrogens is 354 g/mol. The number of likely N-dealkylation sites (tertiary alicyclic amines) is 1. The molecule has 0 spiro atoms. The first-order valence-corrected chi connectivity index (χ1v) is 10.6. The zero-order valence-corrected chi connectivity index (χ0v) is 17.5. The fourth-order valence-electron chi connectivity index (χ4n) is 3.60. The fourth-order valence-corrected chi connectivity index (χ4v) is 4.46. The van der Waals surface area contributed by atoms with E-state index in [2.05, 4.69) is 73.5 Å². The molecule has 0 saturated carbocycles. The number of piperidine rings is 1. The van der Waals surface area contributed by atoms with Crippen molar-refractivity contribution in [2.75, 3.05) is 18.4 Å². The van der Waals surface area contributed by atoms with Crippen LogP contribution < -0.4 is 5.32 Å². The second kappa shape index (κ2) is 7.24. The Hall–Kier alpha value is -1.92. The van der Waals surface area contributed by atoms with Gasteiger partial charge in [0.1, 0.15) is 0 Å². The summed E-state index contributed by atoms with van der Waals surface area (Å²) in [5.74, 6) is 0. The van der Waals surface area contributed by atoms with Crippen LogP contribution in [0.3, 0.4) is 0 Å². The van der Waals surface area contributed by atoms with Gasteiger partial charge in [0.25, 0.3) is 0 Å². The number of fused-ring (bicyclic) bond motifs is 1. The summed E-state index contributed by atoms with van der Waals surface area (Å²) in [6, 6.07) is 9.34. The van der Waals surface area contributed by atoms with E-state index in [1.807, 2.05) is 4.52 Å². The van der Waals surface area contributed by atoms with Crippen molar-refractivity contribution in [3.63, 3.8) is 0 Å². The molecule has 0 unspecified atom stereocenters. The molecule has 1 saturated heterocycles. The standard InChI is InChI=1S/C21H29N5S/c1-15-6-5-7-16(12-15)13-25-10-8-17(9-11-25)22-19-24-26-14-18(21(2,3)4)23-20(26)27-19/h5-7,12,14,17H,8-11,13H2,1-4H3,(H,22,24). The quantitative estimate of drug-likeness (QED) is 0.722. The van der Waals surface area contributed by atoms with E-state index in [1.54, 1.807) is 11.3 Å². The predicted molar refractivity (Wildman–Crippen MR) is 113 cm³/mol. The van der Waals surface area contributed by atoms with E-state index < -0.39 is 0 Å². The van der Waals surface area contributed by atoms with Crippen molar-refractivity contribution in [1.82, 2.24) is 19.5 Å². The largest absolute Gasteiger partial charge is 0.357 e. The molecule has 3 heterocycles. The molecule has 4 rings (SSSR count). The molecule has 144 valence electrons. The van der Waals surface area contributed by atoms with Crippen molar-refractivity contribution < 1.29 is 0 Å². The molecule has 1 aliphatic heterocycles. The van der Waals surface area contributed by atoms with Crippen molar-refractivity contribution in [1.29, 1.82) is 0 Å². The lowest BCUT2D eigenvalue weighted by molar-refractivity contribution is 0.211. The molecule has 0 radical (unpaired) electrons. The maximum absolute atomic E-state index is 4.73. The van der Waals surface area contributed by atoms with Crippen LogP contribution in [0.25, 0.3) is 4.96 Å². The van der Waals surface area contributed by atoms with Crippen LogP contribution in [0.4, 0.5) is 5.13 Å². The van der Waals surface area contributed by atoms with Crippen LogP contribution in [0.15, 0.2) is 30.5 Å². The lowest BCUT2D eigenvalue weighted by atomic mass is 9.93. The third-order valence-electron chi connectivity index (χ3n) is 5.22. The van der Waals surface area contributed by atoms with Gasteiger partial charge in [-0.15, -0.1) is 5.10 Å². The maximum atomic E-state index is 4.73. The fraction of sp³-hybridized carbons (Fsp3) is 0.524. The Morgan fingerprint density at radius 1 is 1.22 bits per heavy atom. The second-order valence-electron chi connectivity index (χ2n) is 8.69. The highest BCUT2D eigenvalue weighted by Gasteiger charge is 2.22. The molecule has 3 aromatic rings. The lowest BCUT2D eigenvalue weighted by Gasteiger charge is -2.32. The number of aryl methyl sites for hydroxylation is 1. The van der Waals surface area contributed by atoms with Crippen LogP contribution in [-0.2, 0) is 12.0 Å². The molecule has 5 nitrogen and oxygen atoms in total. The Balaban J connectivity index is 1.32. The second-order valence-corrected chi connectivity index (χ2v) is 9.65. The van der Waals surface area contributed by atoms with Gasteiger partial charge in [-0.25, -0.2) is 9.50 Å². The van der Waals surface area contributed by atoms with Gasteiger partial charge >= 0.3 is 0 Å². The Kier molecular flexibility index (Phi) is 4.95. The summed E-state index contributed by atoms with van der Waals surface area (Å²) in [4.78, 5) is 8.26. The van der Waals surface area contributed by atoms with Gasteiger partial charge in [0.05, 0.1) is 11.9 Å². The molecule has 27 heavy (non-hydrogen) atoms. The van der Waals surface area contributed by atoms with Crippen molar-refractivity contribution in [2.45, 2.75) is 58.5 Å². The monoisotopic (exact) mass is 383 g/mol. The van der Waals surface area contributed by atoms with Gasteiger partial charge in [0.2, 0.25) is 10.1 Å². The number of nitrogens with zero attached hydrogens (tertiary/aromatic N) is 4. The maximum Gasteiger partial charge on any atom is 0.214 e. The van der Waals surface area contributed by atoms with E-state index in [9.17, 15) is 0 Å². The van der Waals surface area contributed by atoms with Crippen LogP contribution in [-0.4, -0.2) is 38.6 Å². The van der Waals surface area contributed by atoms with Crippen LogP contribution >= 0.6 is 11.3 Å². The highest BCUT2D eigenvalue weighted by atomic mass is 32.1. The summed E-state index contributed by atoms with van der Waals surface area (Å²) in [6.07, 6.45) is 4.36. The van der Waals surface area contributed by atoms with E-state index in [4.69, 9.17) is 4.98 Å². The number of hydrogen-bond acceptors (Lipinski definition) is 5. The first-order valence-electron chi connectivity index (χ1n) is 9.78. The number of anilines is 1. The van der Waals surface area contributed by atoms with Crippen molar-refractivity contribution in [3.05, 3.63) is 47.3 Å². The van der Waals surface area contributed by atoms with Crippen LogP contribution in [0.1, 0.15) is 50.4 Å². The number of imidazole rings is 1. The molecule has 0 bridgehead atoms. The van der Waals surface area contributed by atoms with E-state index in [0.717, 1.165) is 48.3 Å². The molecule has 6 heteroatoms. The van der Waals surface area contributed by atoms with E-state index >= 15 is 0 Å². The average Bonchev–Trinajstić information content (AvgIpc) is 3.15. The van der Waals surface area contributed by atoms with Crippen LogP contribution in [0.5, 0.6) is 0 Å². The number of benzene rings is 1. The Bertz CT molecular complexity index is 881. The third kappa shape index (κ3) is 4.33.